The van der Waals surface area contributed by atoms with Crippen LogP contribution in [0.4, 0.5) is 0 Å². The number of benzene rings is 2. The van der Waals surface area contributed by atoms with Crippen molar-refractivity contribution in [2.24, 2.45) is 0 Å². The molecule has 1 N–H and O–H groups in total. The molecule has 0 unspecified atom stereocenters. The molecule has 0 radical (unpaired) electrons. The molecular weight excluding hydrogens is 414 g/mol. The van der Waals surface area contributed by atoms with E-state index in [4.69, 9.17) is 0 Å². The quantitative estimate of drug-likeness (QED) is 0.512. The van der Waals surface area contributed by atoms with Crippen molar-refractivity contribution in [3.8, 4) is 11.3 Å². The fourth-order valence-electron chi connectivity index (χ4n) is 4.06. The molecule has 2 aromatic carbocycles. The summed E-state index contributed by atoms with van der Waals surface area (Å²) in [7, 11) is 0. The van der Waals surface area contributed by atoms with Gasteiger partial charge in [-0.25, -0.2) is 4.68 Å². The predicted molar refractivity (Wildman–Crippen MR) is 130 cm³/mol. The number of rotatable bonds is 9. The van der Waals surface area contributed by atoms with E-state index in [-0.39, 0.29) is 18.0 Å². The molecule has 1 fully saturated rings. The van der Waals surface area contributed by atoms with E-state index in [1.807, 2.05) is 30.3 Å². The summed E-state index contributed by atoms with van der Waals surface area (Å²) in [6.07, 6.45) is 0.886. The molecule has 0 spiro atoms. The summed E-state index contributed by atoms with van der Waals surface area (Å²) in [5, 5.41) is 7.27. The maximum atomic E-state index is 12.3. The topological polar surface area (TPSA) is 70.5 Å². The molecular formula is C26H31N5O2. The van der Waals surface area contributed by atoms with Crippen LogP contribution < -0.4 is 10.9 Å². The van der Waals surface area contributed by atoms with Crippen LogP contribution >= 0.6 is 0 Å². The maximum absolute atomic E-state index is 12.3. The largest absolute Gasteiger partial charge is 0.354 e. The average molecular weight is 446 g/mol. The summed E-state index contributed by atoms with van der Waals surface area (Å²) in [6, 6.07) is 23.4. The number of carbonyl (C=O) groups is 1. The molecule has 33 heavy (non-hydrogen) atoms. The van der Waals surface area contributed by atoms with Gasteiger partial charge in [0.15, 0.2) is 0 Å². The Kier molecular flexibility index (Phi) is 8.00. The predicted octanol–water partition coefficient (Wildman–Crippen LogP) is 2.23. The van der Waals surface area contributed by atoms with Gasteiger partial charge in [0.1, 0.15) is 6.54 Å². The van der Waals surface area contributed by atoms with E-state index in [2.05, 4.69) is 50.5 Å². The first kappa shape index (κ1) is 22.9. The first-order valence-electron chi connectivity index (χ1n) is 11.6. The Hall–Kier alpha value is -3.29. The Balaban J connectivity index is 1.16. The van der Waals surface area contributed by atoms with Crippen LogP contribution in [0.1, 0.15) is 12.0 Å². The van der Waals surface area contributed by atoms with E-state index in [1.54, 1.807) is 6.07 Å². The van der Waals surface area contributed by atoms with Crippen molar-refractivity contribution in [3.05, 3.63) is 88.7 Å². The van der Waals surface area contributed by atoms with Gasteiger partial charge in [-0.1, -0.05) is 60.7 Å². The van der Waals surface area contributed by atoms with Crippen LogP contribution in [0.3, 0.4) is 0 Å². The minimum atomic E-state index is -0.279. The minimum Gasteiger partial charge on any atom is -0.354 e. The van der Waals surface area contributed by atoms with Gasteiger partial charge in [-0.3, -0.25) is 14.5 Å². The first-order chi connectivity index (χ1) is 16.2. The fraction of sp³-hybridized carbons (Fsp3) is 0.346. The van der Waals surface area contributed by atoms with Crippen LogP contribution in [0.2, 0.25) is 0 Å². The van der Waals surface area contributed by atoms with E-state index in [9.17, 15) is 9.59 Å². The van der Waals surface area contributed by atoms with Crippen molar-refractivity contribution in [2.45, 2.75) is 19.5 Å². The fourth-order valence-corrected chi connectivity index (χ4v) is 4.06. The number of amides is 1. The summed E-state index contributed by atoms with van der Waals surface area (Å²) in [6.45, 7) is 6.71. The molecule has 1 saturated heterocycles. The van der Waals surface area contributed by atoms with E-state index in [0.717, 1.165) is 51.3 Å². The van der Waals surface area contributed by atoms with Gasteiger partial charge in [-0.2, -0.15) is 5.10 Å². The Labute approximate surface area is 194 Å². The normalized spacial score (nSPS) is 14.8. The standard InChI is InChI=1S/C26H31N5O2/c32-25(21-31-26(33)13-12-24(28-31)23-10-5-2-6-11-23)27-14-7-15-29-16-18-30(19-17-29)20-22-8-3-1-4-9-22/h1-6,8-13H,7,14-21H2,(H,27,32). The van der Waals surface area contributed by atoms with Gasteiger partial charge in [0.25, 0.3) is 5.56 Å². The molecule has 1 aliphatic rings. The lowest BCUT2D eigenvalue weighted by Crippen LogP contribution is -2.46. The molecule has 1 aromatic heterocycles. The third-order valence-corrected chi connectivity index (χ3v) is 5.92. The van der Waals surface area contributed by atoms with Crippen LogP contribution in [-0.2, 0) is 17.9 Å². The number of aromatic nitrogens is 2. The summed E-state index contributed by atoms with van der Waals surface area (Å²) >= 11 is 0. The van der Waals surface area contributed by atoms with Crippen molar-refractivity contribution < 1.29 is 4.79 Å². The van der Waals surface area contributed by atoms with Crippen molar-refractivity contribution in [3.63, 3.8) is 0 Å². The highest BCUT2D eigenvalue weighted by atomic mass is 16.2. The highest BCUT2D eigenvalue weighted by Crippen LogP contribution is 2.14. The highest BCUT2D eigenvalue weighted by Gasteiger charge is 2.16. The van der Waals surface area contributed by atoms with Crippen LogP contribution in [0, 0.1) is 0 Å². The molecule has 172 valence electrons. The van der Waals surface area contributed by atoms with Gasteiger partial charge in [0.05, 0.1) is 5.69 Å². The first-order valence-corrected chi connectivity index (χ1v) is 11.6. The summed E-state index contributed by atoms with van der Waals surface area (Å²) in [5.74, 6) is -0.192. The number of piperazine rings is 1. The lowest BCUT2D eigenvalue weighted by atomic mass is 10.1. The van der Waals surface area contributed by atoms with Gasteiger partial charge in [-0.05, 0) is 24.6 Å². The molecule has 0 saturated carbocycles. The number of hydrogen-bond acceptors (Lipinski definition) is 5. The lowest BCUT2D eigenvalue weighted by molar-refractivity contribution is -0.121. The molecule has 4 rings (SSSR count). The minimum absolute atomic E-state index is 0.0718. The molecule has 2 heterocycles. The number of hydrogen-bond donors (Lipinski definition) is 1. The van der Waals surface area contributed by atoms with Crippen LogP contribution in [0.25, 0.3) is 11.3 Å². The average Bonchev–Trinajstić information content (AvgIpc) is 2.85. The second-order valence-corrected chi connectivity index (χ2v) is 8.39. The monoisotopic (exact) mass is 445 g/mol. The number of nitrogens with zero attached hydrogens (tertiary/aromatic N) is 4. The third kappa shape index (κ3) is 6.84. The molecule has 0 bridgehead atoms. The van der Waals surface area contributed by atoms with Crippen LogP contribution in [-0.4, -0.2) is 64.8 Å². The van der Waals surface area contributed by atoms with Crippen molar-refractivity contribution in [1.29, 1.82) is 0 Å². The van der Waals surface area contributed by atoms with E-state index in [0.29, 0.717) is 12.2 Å². The zero-order chi connectivity index (χ0) is 22.9. The van der Waals surface area contributed by atoms with E-state index >= 15 is 0 Å². The van der Waals surface area contributed by atoms with E-state index in [1.165, 1.54) is 16.3 Å². The number of nitrogens with one attached hydrogen (secondary N) is 1. The molecule has 0 aliphatic carbocycles. The third-order valence-electron chi connectivity index (χ3n) is 5.92. The lowest BCUT2D eigenvalue weighted by Gasteiger charge is -2.34. The van der Waals surface area contributed by atoms with Crippen molar-refractivity contribution in [2.75, 3.05) is 39.3 Å². The summed E-state index contributed by atoms with van der Waals surface area (Å²) in [5.41, 5.74) is 2.67. The molecule has 1 aliphatic heterocycles. The molecule has 7 nitrogen and oxygen atoms in total. The molecule has 7 heteroatoms. The van der Waals surface area contributed by atoms with Crippen molar-refractivity contribution >= 4 is 5.91 Å². The zero-order valence-corrected chi connectivity index (χ0v) is 18.9. The SMILES string of the molecule is O=C(Cn1nc(-c2ccccc2)ccc1=O)NCCCN1CCN(Cc2ccccc2)CC1. The maximum Gasteiger partial charge on any atom is 0.267 e. The van der Waals surface area contributed by atoms with Crippen LogP contribution in [0.5, 0.6) is 0 Å². The van der Waals surface area contributed by atoms with Gasteiger partial charge in [0, 0.05) is 50.9 Å². The molecule has 1 amide bonds. The van der Waals surface area contributed by atoms with Gasteiger partial charge in [0.2, 0.25) is 5.91 Å². The number of carbonyl (C=O) groups excluding carboxylic acids is 1. The highest BCUT2D eigenvalue weighted by molar-refractivity contribution is 5.75. The second-order valence-electron chi connectivity index (χ2n) is 8.39. The summed E-state index contributed by atoms with van der Waals surface area (Å²) < 4.78 is 1.23. The Morgan fingerprint density at radius 3 is 2.24 bits per heavy atom. The van der Waals surface area contributed by atoms with E-state index < -0.39 is 0 Å². The van der Waals surface area contributed by atoms with Gasteiger partial charge >= 0.3 is 0 Å². The smallest absolute Gasteiger partial charge is 0.267 e. The van der Waals surface area contributed by atoms with Gasteiger partial charge < -0.3 is 10.2 Å². The summed E-state index contributed by atoms with van der Waals surface area (Å²) in [4.78, 5) is 29.4. The second kappa shape index (κ2) is 11.5. The zero-order valence-electron chi connectivity index (χ0n) is 18.9. The Bertz CT molecular complexity index is 1080. The van der Waals surface area contributed by atoms with Crippen molar-refractivity contribution in [1.82, 2.24) is 24.9 Å². The van der Waals surface area contributed by atoms with Gasteiger partial charge in [-0.15, -0.1) is 0 Å². The Morgan fingerprint density at radius 1 is 0.848 bits per heavy atom. The molecule has 0 atom stereocenters. The molecule has 3 aromatic rings. The Morgan fingerprint density at radius 2 is 1.52 bits per heavy atom. The van der Waals surface area contributed by atoms with Crippen LogP contribution in [0.15, 0.2) is 77.6 Å².